The zero-order valence-electron chi connectivity index (χ0n) is 14.8. The summed E-state index contributed by atoms with van der Waals surface area (Å²) in [5, 5.41) is -0.357. The fourth-order valence-corrected chi connectivity index (χ4v) is 4.74. The molecule has 0 bridgehead atoms. The maximum atomic E-state index is 11.1. The maximum absolute atomic E-state index is 11.1. The van der Waals surface area contributed by atoms with Crippen molar-refractivity contribution in [2.45, 2.75) is 37.5 Å². The molecule has 1 aliphatic rings. The van der Waals surface area contributed by atoms with Gasteiger partial charge in [-0.05, 0) is 24.5 Å². The molecule has 10 heteroatoms. The van der Waals surface area contributed by atoms with E-state index >= 15 is 0 Å². The molecule has 1 aromatic carbocycles. The van der Waals surface area contributed by atoms with Gasteiger partial charge in [0.05, 0.1) is 21.7 Å². The van der Waals surface area contributed by atoms with E-state index in [4.69, 9.17) is 51.0 Å². The van der Waals surface area contributed by atoms with Crippen LogP contribution in [0.5, 0.6) is 0 Å². The summed E-state index contributed by atoms with van der Waals surface area (Å²) in [7, 11) is -2.37. The molecular formula is C16H22Cl4N2O3S. The maximum Gasteiger partial charge on any atom is 0.296 e. The average Bonchev–Trinajstić information content (AvgIpc) is 2.96. The van der Waals surface area contributed by atoms with Gasteiger partial charge in [0.15, 0.2) is 0 Å². The minimum Gasteiger partial charge on any atom is -0.362 e. The molecule has 0 unspecified atom stereocenters. The van der Waals surface area contributed by atoms with E-state index in [9.17, 15) is 8.42 Å². The summed E-state index contributed by atoms with van der Waals surface area (Å²) in [5.41, 5.74) is 0.516. The van der Waals surface area contributed by atoms with E-state index in [0.29, 0.717) is 5.56 Å². The second kappa shape index (κ2) is 10.2. The van der Waals surface area contributed by atoms with Crippen molar-refractivity contribution in [1.29, 1.82) is 0 Å². The molecule has 1 N–H and O–H groups in total. The first kappa shape index (κ1) is 23.7. The minimum absolute atomic E-state index is 0.0376. The van der Waals surface area contributed by atoms with Gasteiger partial charge >= 0.3 is 0 Å². The Kier molecular flexibility index (Phi) is 9.33. The number of benzene rings is 1. The van der Waals surface area contributed by atoms with Crippen molar-refractivity contribution in [3.05, 3.63) is 38.6 Å². The number of alkyl halides is 1. The molecule has 0 spiro atoms. The van der Waals surface area contributed by atoms with Crippen LogP contribution in [0.15, 0.2) is 17.3 Å². The Balaban J connectivity index is 0.000000289. The number of rotatable bonds is 5. The smallest absolute Gasteiger partial charge is 0.296 e. The summed E-state index contributed by atoms with van der Waals surface area (Å²) in [6, 6.07) is 0. The number of nitrogens with zero attached hydrogens (tertiary/aromatic N) is 2. The number of hydrogen-bond donors (Lipinski definition) is 1. The van der Waals surface area contributed by atoms with Gasteiger partial charge in [-0.2, -0.15) is 8.42 Å². The van der Waals surface area contributed by atoms with E-state index in [-0.39, 0.29) is 26.5 Å². The minimum atomic E-state index is -4.47. The zero-order valence-corrected chi connectivity index (χ0v) is 18.6. The molecule has 148 valence electrons. The molecular weight excluding hydrogens is 442 g/mol. The van der Waals surface area contributed by atoms with Crippen LogP contribution in [0.3, 0.4) is 0 Å². The predicted molar refractivity (Wildman–Crippen MR) is 109 cm³/mol. The Hall–Kier alpha value is -0.370. The van der Waals surface area contributed by atoms with E-state index in [2.05, 4.69) is 36.2 Å². The molecule has 1 aliphatic heterocycles. The lowest BCUT2D eigenvalue weighted by molar-refractivity contribution is 0.293. The third-order valence-electron chi connectivity index (χ3n) is 3.77. The first-order chi connectivity index (χ1) is 12.0. The van der Waals surface area contributed by atoms with Crippen molar-refractivity contribution >= 4 is 56.5 Å². The van der Waals surface area contributed by atoms with Crippen molar-refractivity contribution < 1.29 is 13.0 Å². The Morgan fingerprint density at radius 3 is 2.19 bits per heavy atom. The van der Waals surface area contributed by atoms with E-state index in [1.54, 1.807) is 0 Å². The van der Waals surface area contributed by atoms with Crippen molar-refractivity contribution in [1.82, 2.24) is 9.80 Å². The predicted octanol–water partition coefficient (Wildman–Crippen LogP) is 5.40. The van der Waals surface area contributed by atoms with Crippen LogP contribution in [0.2, 0.25) is 15.1 Å². The molecule has 0 saturated carbocycles. The molecule has 0 amide bonds. The normalized spacial score (nSPS) is 13.8. The summed E-state index contributed by atoms with van der Waals surface area (Å²) in [6.45, 7) is 5.94. The van der Waals surface area contributed by atoms with Gasteiger partial charge in [-0.25, -0.2) is 0 Å². The Morgan fingerprint density at radius 2 is 1.77 bits per heavy atom. The first-order valence-corrected chi connectivity index (χ1v) is 11.0. The van der Waals surface area contributed by atoms with Crippen LogP contribution in [-0.2, 0) is 16.0 Å². The largest absolute Gasteiger partial charge is 0.362 e. The van der Waals surface area contributed by atoms with Gasteiger partial charge in [0.2, 0.25) is 0 Å². The van der Waals surface area contributed by atoms with Gasteiger partial charge in [-0.1, -0.05) is 48.1 Å². The second-order valence-electron chi connectivity index (χ2n) is 5.85. The Bertz CT molecular complexity index is 769. The molecule has 2 rings (SSSR count). The van der Waals surface area contributed by atoms with Crippen LogP contribution in [0.1, 0.15) is 30.9 Å². The highest BCUT2D eigenvalue weighted by atomic mass is 35.5. The highest BCUT2D eigenvalue weighted by molar-refractivity contribution is 7.86. The SMILES string of the molecule is CCCCN1C=CN(C)C1.Cc1c(CCl)c(Cl)c(Cl)c(Cl)c1S(=O)(=O)O. The molecule has 0 aliphatic carbocycles. The van der Waals surface area contributed by atoms with E-state index < -0.39 is 15.0 Å². The lowest BCUT2D eigenvalue weighted by Crippen LogP contribution is -2.23. The molecule has 0 fully saturated rings. The Labute approximate surface area is 175 Å². The number of hydrogen-bond acceptors (Lipinski definition) is 4. The van der Waals surface area contributed by atoms with Crippen LogP contribution in [0, 0.1) is 6.92 Å². The van der Waals surface area contributed by atoms with Crippen LogP contribution in [0.25, 0.3) is 0 Å². The van der Waals surface area contributed by atoms with E-state index in [1.807, 2.05) is 0 Å². The lowest BCUT2D eigenvalue weighted by atomic mass is 10.1. The lowest BCUT2D eigenvalue weighted by Gasteiger charge is -2.17. The van der Waals surface area contributed by atoms with E-state index in [1.165, 1.54) is 26.3 Å². The van der Waals surface area contributed by atoms with Gasteiger partial charge in [-0.15, -0.1) is 11.6 Å². The fraction of sp³-hybridized carbons (Fsp3) is 0.500. The molecule has 0 atom stereocenters. The molecule has 0 saturated heterocycles. The third kappa shape index (κ3) is 6.08. The molecule has 0 radical (unpaired) electrons. The molecule has 1 heterocycles. The van der Waals surface area contributed by atoms with Gasteiger partial charge in [-0.3, -0.25) is 4.55 Å². The van der Waals surface area contributed by atoms with Crippen molar-refractivity contribution in [3.63, 3.8) is 0 Å². The summed E-state index contributed by atoms with van der Waals surface area (Å²) < 4.78 is 31.3. The number of unbranched alkanes of at least 4 members (excludes halogenated alkanes) is 1. The highest BCUT2D eigenvalue weighted by Gasteiger charge is 2.25. The van der Waals surface area contributed by atoms with Gasteiger partial charge in [0.1, 0.15) is 4.90 Å². The molecule has 5 nitrogen and oxygen atoms in total. The highest BCUT2D eigenvalue weighted by Crippen LogP contribution is 2.41. The van der Waals surface area contributed by atoms with Gasteiger partial charge in [0, 0.05) is 31.9 Å². The van der Waals surface area contributed by atoms with Crippen molar-refractivity contribution in [2.24, 2.45) is 0 Å². The van der Waals surface area contributed by atoms with Crippen molar-refractivity contribution in [2.75, 3.05) is 20.3 Å². The van der Waals surface area contributed by atoms with Crippen LogP contribution in [0.4, 0.5) is 0 Å². The quantitative estimate of drug-likeness (QED) is 0.359. The van der Waals surface area contributed by atoms with E-state index in [0.717, 1.165) is 6.67 Å². The zero-order chi connectivity index (χ0) is 20.1. The van der Waals surface area contributed by atoms with Crippen LogP contribution >= 0.6 is 46.4 Å². The number of halogens is 4. The summed E-state index contributed by atoms with van der Waals surface area (Å²) >= 11 is 22.9. The standard InChI is InChI=1S/C8H6Cl4O3S.C8H16N2/c1-3-4(2-9)5(10)6(11)7(12)8(3)16(13,14)15;1-3-4-5-10-7-6-9(2)8-10/h2H2,1H3,(H,13,14,15);6-7H,3-5,8H2,1-2H3. The second-order valence-corrected chi connectivity index (χ2v) is 8.61. The average molecular weight is 464 g/mol. The molecule has 0 aromatic heterocycles. The van der Waals surface area contributed by atoms with Crippen LogP contribution in [-0.4, -0.2) is 43.0 Å². The fourth-order valence-electron chi connectivity index (χ4n) is 2.36. The monoisotopic (exact) mass is 462 g/mol. The van der Waals surface area contributed by atoms with Crippen molar-refractivity contribution in [3.8, 4) is 0 Å². The topological polar surface area (TPSA) is 60.9 Å². The summed E-state index contributed by atoms with van der Waals surface area (Å²) in [4.78, 5) is 4.07. The Morgan fingerprint density at radius 1 is 1.15 bits per heavy atom. The van der Waals surface area contributed by atoms with Gasteiger partial charge in [0.25, 0.3) is 10.1 Å². The molecule has 26 heavy (non-hydrogen) atoms. The molecule has 1 aromatic rings. The van der Waals surface area contributed by atoms with Crippen LogP contribution < -0.4 is 0 Å². The summed E-state index contributed by atoms with van der Waals surface area (Å²) in [5.74, 6) is -0.0376. The summed E-state index contributed by atoms with van der Waals surface area (Å²) in [6.07, 6.45) is 6.87. The van der Waals surface area contributed by atoms with Gasteiger partial charge < -0.3 is 9.80 Å². The third-order valence-corrected chi connectivity index (χ3v) is 6.54. The first-order valence-electron chi connectivity index (χ1n) is 7.86.